The number of benzene rings is 1. The molecule has 0 bridgehead atoms. The zero-order chi connectivity index (χ0) is 12.9. The molecule has 0 saturated heterocycles. The van der Waals surface area contributed by atoms with Gasteiger partial charge in [0, 0.05) is 24.7 Å². The lowest BCUT2D eigenvalue weighted by molar-refractivity contribution is -0.0371. The van der Waals surface area contributed by atoms with Crippen molar-refractivity contribution in [1.29, 1.82) is 0 Å². The molecule has 0 amide bonds. The van der Waals surface area contributed by atoms with Gasteiger partial charge in [0.25, 0.3) is 0 Å². The van der Waals surface area contributed by atoms with Gasteiger partial charge in [-0.2, -0.15) is 0 Å². The van der Waals surface area contributed by atoms with E-state index in [1.807, 2.05) is 6.92 Å². The minimum atomic E-state index is -0.367. The Balaban J connectivity index is 2.25. The zero-order valence-electron chi connectivity index (χ0n) is 10.5. The number of methoxy groups -OCH3 is 2. The summed E-state index contributed by atoms with van der Waals surface area (Å²) in [5, 5.41) is 0. The molecule has 0 saturated carbocycles. The van der Waals surface area contributed by atoms with Crippen LogP contribution in [0.3, 0.4) is 0 Å². The molecule has 0 radical (unpaired) electrons. The summed E-state index contributed by atoms with van der Waals surface area (Å²) in [4.78, 5) is 11.8. The lowest BCUT2D eigenvalue weighted by atomic mass is 9.97. The molecule has 5 heteroatoms. The summed E-state index contributed by atoms with van der Waals surface area (Å²) in [5.74, 6) is 0.993. The summed E-state index contributed by atoms with van der Waals surface area (Å²) in [6, 6.07) is 0. The molecule has 0 aliphatic carbocycles. The van der Waals surface area contributed by atoms with E-state index in [1.54, 1.807) is 14.2 Å². The summed E-state index contributed by atoms with van der Waals surface area (Å²) in [5.41, 5.74) is 3.21. The van der Waals surface area contributed by atoms with Crippen LogP contribution in [0.4, 0.5) is 0 Å². The normalized spacial score (nSPS) is 20.2. The first-order valence-corrected chi connectivity index (χ1v) is 5.76. The maximum atomic E-state index is 11.8. The number of cyclic esters (lactones) is 1. The largest absolute Gasteiger partial charge is 0.496 e. The van der Waals surface area contributed by atoms with Crippen LogP contribution in [0.5, 0.6) is 11.5 Å². The van der Waals surface area contributed by atoms with E-state index in [0.717, 1.165) is 22.4 Å². The minimum absolute atomic E-state index is 0.282. The van der Waals surface area contributed by atoms with E-state index < -0.39 is 0 Å². The van der Waals surface area contributed by atoms with Gasteiger partial charge in [0.2, 0.25) is 6.29 Å². The van der Waals surface area contributed by atoms with Crippen LogP contribution < -0.4 is 9.47 Å². The van der Waals surface area contributed by atoms with E-state index in [2.05, 4.69) is 0 Å². The second kappa shape index (κ2) is 3.88. The van der Waals surface area contributed by atoms with Crippen molar-refractivity contribution in [3.63, 3.8) is 0 Å². The second-order valence-corrected chi connectivity index (χ2v) is 4.38. The number of carbonyl (C=O) groups excluding carboxylic acids is 1. The molecule has 1 unspecified atom stereocenters. The van der Waals surface area contributed by atoms with Gasteiger partial charge in [-0.3, -0.25) is 0 Å². The predicted molar refractivity (Wildman–Crippen MR) is 62.0 cm³/mol. The standard InChI is InChI=1S/C13H14O5/c1-6-8-5-17-13(14)10(8)12-7(11(6)16-3)4-9(15-2)18-12/h9H,4-5H2,1-3H3. The van der Waals surface area contributed by atoms with Gasteiger partial charge in [0.15, 0.2) is 0 Å². The molecule has 1 aromatic carbocycles. The van der Waals surface area contributed by atoms with E-state index in [4.69, 9.17) is 18.9 Å². The van der Waals surface area contributed by atoms with Gasteiger partial charge in [-0.1, -0.05) is 0 Å². The average molecular weight is 250 g/mol. The fourth-order valence-corrected chi connectivity index (χ4v) is 2.61. The Hall–Kier alpha value is -1.75. The molecule has 96 valence electrons. The monoisotopic (exact) mass is 250 g/mol. The third kappa shape index (κ3) is 1.34. The van der Waals surface area contributed by atoms with Gasteiger partial charge < -0.3 is 18.9 Å². The van der Waals surface area contributed by atoms with E-state index in [9.17, 15) is 4.79 Å². The smallest absolute Gasteiger partial charge is 0.342 e. The molecule has 2 aliphatic rings. The summed E-state index contributed by atoms with van der Waals surface area (Å²) < 4.78 is 21.4. The highest BCUT2D eigenvalue weighted by molar-refractivity contribution is 5.98. The summed E-state index contributed by atoms with van der Waals surface area (Å²) in [6.07, 6.45) is 0.212. The lowest BCUT2D eigenvalue weighted by Gasteiger charge is -2.12. The Morgan fingerprint density at radius 2 is 2.06 bits per heavy atom. The van der Waals surface area contributed by atoms with Crippen molar-refractivity contribution in [1.82, 2.24) is 0 Å². The van der Waals surface area contributed by atoms with E-state index in [1.165, 1.54) is 0 Å². The predicted octanol–water partition coefficient (Wildman–Crippen LogP) is 1.58. The van der Waals surface area contributed by atoms with Crippen LogP contribution in [-0.2, 0) is 22.5 Å². The second-order valence-electron chi connectivity index (χ2n) is 4.38. The fraction of sp³-hybridized carbons (Fsp3) is 0.462. The molecule has 2 aliphatic heterocycles. The summed E-state index contributed by atoms with van der Waals surface area (Å²) in [6.45, 7) is 2.21. The molecule has 1 aromatic rings. The molecule has 3 rings (SSSR count). The van der Waals surface area contributed by atoms with Gasteiger partial charge in [-0.05, 0) is 12.5 Å². The summed E-state index contributed by atoms with van der Waals surface area (Å²) in [7, 11) is 3.20. The number of esters is 1. The Bertz CT molecular complexity index is 535. The first-order valence-electron chi connectivity index (χ1n) is 5.76. The quantitative estimate of drug-likeness (QED) is 0.746. The highest BCUT2D eigenvalue weighted by atomic mass is 16.7. The molecular weight excluding hydrogens is 236 g/mol. The molecule has 18 heavy (non-hydrogen) atoms. The van der Waals surface area contributed by atoms with Crippen LogP contribution in [0.2, 0.25) is 0 Å². The SMILES string of the molecule is COc1c(C)c2c(c3c1CC(OC)O3)C(=O)OC2. The van der Waals surface area contributed by atoms with Gasteiger partial charge in [0.05, 0.1) is 7.11 Å². The van der Waals surface area contributed by atoms with Crippen molar-refractivity contribution >= 4 is 5.97 Å². The Kier molecular flexibility index (Phi) is 2.45. The number of hydrogen-bond donors (Lipinski definition) is 0. The van der Waals surface area contributed by atoms with E-state index in [0.29, 0.717) is 17.7 Å². The Morgan fingerprint density at radius 1 is 1.28 bits per heavy atom. The molecule has 0 spiro atoms. The molecule has 1 atom stereocenters. The van der Waals surface area contributed by atoms with Gasteiger partial charge in [-0.25, -0.2) is 4.79 Å². The molecule has 5 nitrogen and oxygen atoms in total. The number of carbonyl (C=O) groups is 1. The zero-order valence-corrected chi connectivity index (χ0v) is 10.5. The fourth-order valence-electron chi connectivity index (χ4n) is 2.61. The highest BCUT2D eigenvalue weighted by Gasteiger charge is 2.38. The van der Waals surface area contributed by atoms with E-state index >= 15 is 0 Å². The first-order chi connectivity index (χ1) is 8.67. The third-order valence-corrected chi connectivity index (χ3v) is 3.51. The number of ether oxygens (including phenoxy) is 4. The molecular formula is C13H14O5. The average Bonchev–Trinajstić information content (AvgIpc) is 2.94. The van der Waals surface area contributed by atoms with Crippen molar-refractivity contribution < 1.29 is 23.7 Å². The van der Waals surface area contributed by atoms with Crippen molar-refractivity contribution in [2.45, 2.75) is 26.2 Å². The van der Waals surface area contributed by atoms with Crippen molar-refractivity contribution in [2.24, 2.45) is 0 Å². The molecule has 0 fully saturated rings. The van der Waals surface area contributed by atoms with Gasteiger partial charge in [0.1, 0.15) is 23.7 Å². The first kappa shape index (κ1) is 11.3. The van der Waals surface area contributed by atoms with Crippen LogP contribution in [-0.4, -0.2) is 26.5 Å². The lowest BCUT2D eigenvalue weighted by Crippen LogP contribution is -2.15. The van der Waals surface area contributed by atoms with Gasteiger partial charge in [-0.15, -0.1) is 0 Å². The van der Waals surface area contributed by atoms with Gasteiger partial charge >= 0.3 is 5.97 Å². The Morgan fingerprint density at radius 3 is 2.72 bits per heavy atom. The number of rotatable bonds is 2. The molecule has 2 heterocycles. The summed E-state index contributed by atoms with van der Waals surface area (Å²) >= 11 is 0. The number of fused-ring (bicyclic) bond motifs is 3. The maximum Gasteiger partial charge on any atom is 0.342 e. The minimum Gasteiger partial charge on any atom is -0.496 e. The molecule has 0 aromatic heterocycles. The van der Waals surface area contributed by atoms with Crippen molar-refractivity contribution in [3.8, 4) is 11.5 Å². The van der Waals surface area contributed by atoms with Crippen LogP contribution in [0.25, 0.3) is 0 Å². The van der Waals surface area contributed by atoms with Crippen LogP contribution in [0, 0.1) is 6.92 Å². The van der Waals surface area contributed by atoms with Crippen molar-refractivity contribution in [2.75, 3.05) is 14.2 Å². The molecule has 0 N–H and O–H groups in total. The Labute approximate surface area is 105 Å². The maximum absolute atomic E-state index is 11.8. The van der Waals surface area contributed by atoms with Crippen LogP contribution in [0.15, 0.2) is 0 Å². The highest BCUT2D eigenvalue weighted by Crippen LogP contribution is 2.46. The topological polar surface area (TPSA) is 54.0 Å². The third-order valence-electron chi connectivity index (χ3n) is 3.51. The van der Waals surface area contributed by atoms with Crippen LogP contribution in [0.1, 0.15) is 27.0 Å². The van der Waals surface area contributed by atoms with E-state index in [-0.39, 0.29) is 18.9 Å². The number of hydrogen-bond acceptors (Lipinski definition) is 5. The van der Waals surface area contributed by atoms with Crippen LogP contribution >= 0.6 is 0 Å². The van der Waals surface area contributed by atoms with Crippen molar-refractivity contribution in [3.05, 3.63) is 22.3 Å².